The molecule has 192 valence electrons. The van der Waals surface area contributed by atoms with Gasteiger partial charge in [-0.2, -0.15) is 0 Å². The van der Waals surface area contributed by atoms with Crippen LogP contribution >= 0.6 is 0 Å². The van der Waals surface area contributed by atoms with Crippen molar-refractivity contribution in [2.75, 3.05) is 13.2 Å². The number of rotatable bonds is 12. The smallest absolute Gasteiger partial charge is 0.339 e. The van der Waals surface area contributed by atoms with Gasteiger partial charge in [0, 0.05) is 5.56 Å². The molecular weight excluding hydrogens is 456 g/mol. The van der Waals surface area contributed by atoms with Crippen LogP contribution in [0.1, 0.15) is 66.3 Å². The molecule has 3 rings (SSSR count). The molecule has 1 unspecified atom stereocenters. The summed E-state index contributed by atoms with van der Waals surface area (Å²) in [6.07, 6.45) is 2.17. The van der Waals surface area contributed by atoms with Crippen LogP contribution in [0.2, 0.25) is 0 Å². The molecule has 0 spiro atoms. The van der Waals surface area contributed by atoms with Gasteiger partial charge >= 0.3 is 5.97 Å². The highest BCUT2D eigenvalue weighted by atomic mass is 16.5. The van der Waals surface area contributed by atoms with Gasteiger partial charge in [0.2, 0.25) is 0 Å². The number of ether oxygens (including phenoxy) is 2. The van der Waals surface area contributed by atoms with Gasteiger partial charge in [-0.05, 0) is 43.5 Å². The molecule has 6 nitrogen and oxygen atoms in total. The molecule has 0 aromatic heterocycles. The number of para-hydroxylation sites is 2. The minimum Gasteiger partial charge on any atom is -0.493 e. The Morgan fingerprint density at radius 1 is 0.750 bits per heavy atom. The first kappa shape index (κ1) is 28.6. The highest BCUT2D eigenvalue weighted by Crippen LogP contribution is 2.22. The average molecular weight is 493 g/mol. The molecule has 0 heterocycles. The van der Waals surface area contributed by atoms with E-state index in [4.69, 9.17) is 14.6 Å². The first-order valence-electron chi connectivity index (χ1n) is 12.4. The summed E-state index contributed by atoms with van der Waals surface area (Å²) in [7, 11) is 0. The molecule has 2 N–H and O–H groups in total. The third-order valence-corrected chi connectivity index (χ3v) is 5.78. The lowest BCUT2D eigenvalue weighted by atomic mass is 9.96. The number of aromatic carboxylic acids is 1. The molecule has 6 heteroatoms. The Labute approximate surface area is 213 Å². The van der Waals surface area contributed by atoms with Crippen molar-refractivity contribution in [1.29, 1.82) is 0 Å². The van der Waals surface area contributed by atoms with Crippen LogP contribution in [0.3, 0.4) is 0 Å². The maximum atomic E-state index is 12.3. The van der Waals surface area contributed by atoms with Crippen molar-refractivity contribution in [3.05, 3.63) is 95.6 Å². The minimum atomic E-state index is -1.02. The predicted molar refractivity (Wildman–Crippen MR) is 141 cm³/mol. The van der Waals surface area contributed by atoms with Crippen LogP contribution in [0.5, 0.6) is 11.5 Å². The second kappa shape index (κ2) is 15.4. The lowest BCUT2D eigenvalue weighted by Gasteiger charge is -2.18. The first-order chi connectivity index (χ1) is 17.4. The summed E-state index contributed by atoms with van der Waals surface area (Å²) >= 11 is 0. The van der Waals surface area contributed by atoms with Gasteiger partial charge in [-0.15, -0.1) is 0 Å². The van der Waals surface area contributed by atoms with E-state index in [1.54, 1.807) is 24.3 Å². The van der Waals surface area contributed by atoms with E-state index in [1.807, 2.05) is 55.5 Å². The molecule has 0 aliphatic heterocycles. The Hall–Kier alpha value is -3.64. The number of aliphatic hydroxyl groups is 1. The molecule has 0 saturated carbocycles. The topological polar surface area (TPSA) is 93.1 Å². The predicted octanol–water partition coefficient (Wildman–Crippen LogP) is 6.27. The van der Waals surface area contributed by atoms with Crippen LogP contribution in [0.4, 0.5) is 0 Å². The van der Waals surface area contributed by atoms with Crippen molar-refractivity contribution in [3.8, 4) is 11.5 Å². The van der Waals surface area contributed by atoms with Gasteiger partial charge in [0.15, 0.2) is 5.78 Å². The standard InChI is InChI=1S/C15H22O4.C15H14O2/c1-3-11(4-2)9-12(16)10-19-14-8-6-5-7-13(14)15(17)18;1-2-17-14-11-7-6-10-13(14)15(16)12-8-4-3-5-9-12/h5-8,11-12,16H,3-4,9-10H2,1-2H3,(H,17,18);3-11H,2H2,1H3. The Balaban J connectivity index is 0.000000255. The van der Waals surface area contributed by atoms with Crippen molar-refractivity contribution in [1.82, 2.24) is 0 Å². The fourth-order valence-electron chi connectivity index (χ4n) is 3.71. The molecule has 0 fully saturated rings. The number of hydrogen-bond acceptors (Lipinski definition) is 5. The number of aliphatic hydroxyl groups excluding tert-OH is 1. The van der Waals surface area contributed by atoms with Crippen molar-refractivity contribution < 1.29 is 29.3 Å². The fourth-order valence-corrected chi connectivity index (χ4v) is 3.71. The Morgan fingerprint density at radius 3 is 1.83 bits per heavy atom. The van der Waals surface area contributed by atoms with E-state index in [1.165, 1.54) is 6.07 Å². The summed E-state index contributed by atoms with van der Waals surface area (Å²) < 4.78 is 10.9. The molecule has 36 heavy (non-hydrogen) atoms. The van der Waals surface area contributed by atoms with E-state index in [-0.39, 0.29) is 18.0 Å². The largest absolute Gasteiger partial charge is 0.493 e. The summed E-state index contributed by atoms with van der Waals surface area (Å²) in [5.41, 5.74) is 1.41. The van der Waals surface area contributed by atoms with Crippen LogP contribution in [0.25, 0.3) is 0 Å². The molecule has 0 bridgehead atoms. The number of hydrogen-bond donors (Lipinski definition) is 2. The second-order valence-electron chi connectivity index (χ2n) is 8.31. The van der Waals surface area contributed by atoms with Crippen LogP contribution in [0.15, 0.2) is 78.9 Å². The Morgan fingerprint density at radius 2 is 1.28 bits per heavy atom. The quantitative estimate of drug-likeness (QED) is 0.290. The molecule has 0 aliphatic carbocycles. The van der Waals surface area contributed by atoms with Crippen molar-refractivity contribution in [3.63, 3.8) is 0 Å². The molecule has 3 aromatic rings. The van der Waals surface area contributed by atoms with Gasteiger partial charge in [-0.1, -0.05) is 81.3 Å². The molecule has 3 aromatic carbocycles. The Bertz CT molecular complexity index is 1080. The number of ketones is 1. The molecule has 1 atom stereocenters. The SMILES string of the molecule is CCC(CC)CC(O)COc1ccccc1C(=O)O.CCOc1ccccc1C(=O)c1ccccc1. The highest BCUT2D eigenvalue weighted by Gasteiger charge is 2.15. The van der Waals surface area contributed by atoms with Crippen molar-refractivity contribution in [2.24, 2.45) is 5.92 Å². The fraction of sp³-hybridized carbons (Fsp3) is 0.333. The van der Waals surface area contributed by atoms with Crippen molar-refractivity contribution >= 4 is 11.8 Å². The maximum absolute atomic E-state index is 12.3. The van der Waals surface area contributed by atoms with Gasteiger partial charge < -0.3 is 19.7 Å². The zero-order valence-electron chi connectivity index (χ0n) is 21.2. The summed E-state index contributed by atoms with van der Waals surface area (Å²) in [6.45, 7) is 6.78. The lowest BCUT2D eigenvalue weighted by Crippen LogP contribution is -2.21. The Kier molecular flexibility index (Phi) is 12.2. The van der Waals surface area contributed by atoms with E-state index in [2.05, 4.69) is 13.8 Å². The van der Waals surface area contributed by atoms with Crippen LogP contribution < -0.4 is 9.47 Å². The summed E-state index contributed by atoms with van der Waals surface area (Å²) in [6, 6.07) is 23.0. The lowest BCUT2D eigenvalue weighted by molar-refractivity contribution is 0.0669. The van der Waals surface area contributed by atoms with Gasteiger partial charge in [-0.25, -0.2) is 4.79 Å². The van der Waals surface area contributed by atoms with Gasteiger partial charge in [-0.3, -0.25) is 4.79 Å². The van der Waals surface area contributed by atoms with E-state index < -0.39 is 12.1 Å². The third-order valence-electron chi connectivity index (χ3n) is 5.78. The minimum absolute atomic E-state index is 0.00495. The van der Waals surface area contributed by atoms with E-state index in [0.29, 0.717) is 41.6 Å². The summed E-state index contributed by atoms with van der Waals surface area (Å²) in [5.74, 6) is 0.399. The zero-order valence-corrected chi connectivity index (χ0v) is 21.2. The van der Waals surface area contributed by atoms with Gasteiger partial charge in [0.1, 0.15) is 23.7 Å². The third kappa shape index (κ3) is 8.86. The van der Waals surface area contributed by atoms with Crippen LogP contribution in [-0.2, 0) is 0 Å². The van der Waals surface area contributed by atoms with E-state index in [0.717, 1.165) is 12.8 Å². The molecule has 0 radical (unpaired) electrons. The van der Waals surface area contributed by atoms with Gasteiger partial charge in [0.25, 0.3) is 0 Å². The molecule has 0 amide bonds. The number of carboxylic acids is 1. The number of benzene rings is 3. The second-order valence-corrected chi connectivity index (χ2v) is 8.31. The van der Waals surface area contributed by atoms with Crippen LogP contribution in [0, 0.1) is 5.92 Å². The zero-order chi connectivity index (χ0) is 26.3. The van der Waals surface area contributed by atoms with Crippen LogP contribution in [-0.4, -0.2) is 41.3 Å². The number of carbonyl (C=O) groups excluding carboxylic acids is 1. The van der Waals surface area contributed by atoms with Crippen molar-refractivity contribution in [2.45, 2.75) is 46.1 Å². The number of carboxylic acid groups (broad SMARTS) is 1. The normalized spacial score (nSPS) is 11.2. The maximum Gasteiger partial charge on any atom is 0.339 e. The van der Waals surface area contributed by atoms with Gasteiger partial charge in [0.05, 0.1) is 18.3 Å². The van der Waals surface area contributed by atoms with E-state index in [9.17, 15) is 14.7 Å². The summed E-state index contributed by atoms with van der Waals surface area (Å²) in [4.78, 5) is 23.3. The monoisotopic (exact) mass is 492 g/mol. The molecular formula is C30H36O6. The first-order valence-corrected chi connectivity index (χ1v) is 12.4. The highest BCUT2D eigenvalue weighted by molar-refractivity contribution is 6.10. The molecule has 0 saturated heterocycles. The summed E-state index contributed by atoms with van der Waals surface area (Å²) in [5, 5.41) is 18.9. The van der Waals surface area contributed by atoms with E-state index >= 15 is 0 Å². The number of carbonyl (C=O) groups is 2. The average Bonchev–Trinajstić information content (AvgIpc) is 2.91. The molecule has 0 aliphatic rings.